The van der Waals surface area contributed by atoms with E-state index in [9.17, 15) is 0 Å². The minimum Gasteiger partial charge on any atom is -0.494 e. The number of nitrogens with zero attached hydrogens (tertiary/aromatic N) is 5. The van der Waals surface area contributed by atoms with Crippen LogP contribution in [-0.2, 0) is 6.54 Å². The van der Waals surface area contributed by atoms with Crippen molar-refractivity contribution in [2.75, 3.05) is 49.8 Å². The van der Waals surface area contributed by atoms with Gasteiger partial charge in [-0.15, -0.1) is 0 Å². The number of hydrogen-bond donors (Lipinski definition) is 2. The summed E-state index contributed by atoms with van der Waals surface area (Å²) in [4.78, 5) is 14.5. The Morgan fingerprint density at radius 3 is 2.48 bits per heavy atom. The quantitative estimate of drug-likeness (QED) is 0.254. The van der Waals surface area contributed by atoms with E-state index < -0.39 is 0 Å². The van der Waals surface area contributed by atoms with Gasteiger partial charge in [0.15, 0.2) is 0 Å². The molecule has 3 heterocycles. The summed E-state index contributed by atoms with van der Waals surface area (Å²) in [5.41, 5.74) is 5.43. The SMILES string of the molecule is COc1cc(N2CCC(N(C)C)CC2)ccc1Nc1ncc2cc(CNc3ccccc3)n(C3CCCC3)c2n1. The van der Waals surface area contributed by atoms with E-state index in [0.717, 1.165) is 47.8 Å². The van der Waals surface area contributed by atoms with Crippen LogP contribution in [0.25, 0.3) is 11.0 Å². The molecule has 210 valence electrons. The molecule has 8 nitrogen and oxygen atoms in total. The Bertz CT molecular complexity index is 1420. The van der Waals surface area contributed by atoms with Crippen molar-refractivity contribution in [2.24, 2.45) is 0 Å². The van der Waals surface area contributed by atoms with Crippen molar-refractivity contribution in [3.05, 3.63) is 66.5 Å². The van der Waals surface area contributed by atoms with Crippen molar-refractivity contribution in [3.8, 4) is 5.75 Å². The van der Waals surface area contributed by atoms with E-state index in [2.05, 4.69) is 92.6 Å². The minimum absolute atomic E-state index is 0.471. The molecule has 8 heteroatoms. The number of nitrogens with one attached hydrogen (secondary N) is 2. The number of para-hydroxylation sites is 1. The summed E-state index contributed by atoms with van der Waals surface area (Å²) in [6.07, 6.45) is 9.20. The molecule has 2 aromatic carbocycles. The Labute approximate surface area is 237 Å². The maximum absolute atomic E-state index is 5.81. The molecule has 40 heavy (non-hydrogen) atoms. The van der Waals surface area contributed by atoms with Gasteiger partial charge in [0.05, 0.1) is 19.3 Å². The fourth-order valence-corrected chi connectivity index (χ4v) is 6.32. The van der Waals surface area contributed by atoms with Crippen LogP contribution in [0.3, 0.4) is 0 Å². The van der Waals surface area contributed by atoms with Gasteiger partial charge in [-0.3, -0.25) is 0 Å². The molecule has 0 radical (unpaired) electrons. The molecule has 2 N–H and O–H groups in total. The van der Waals surface area contributed by atoms with E-state index in [0.29, 0.717) is 18.0 Å². The first-order chi connectivity index (χ1) is 19.6. The largest absolute Gasteiger partial charge is 0.494 e. The number of benzene rings is 2. The first-order valence-corrected chi connectivity index (χ1v) is 14.6. The average Bonchev–Trinajstić information content (AvgIpc) is 3.64. The number of fused-ring (bicyclic) bond motifs is 1. The summed E-state index contributed by atoms with van der Waals surface area (Å²) < 4.78 is 8.26. The topological polar surface area (TPSA) is 70.5 Å². The molecule has 0 spiro atoms. The van der Waals surface area contributed by atoms with Crippen molar-refractivity contribution in [2.45, 2.75) is 57.2 Å². The molecule has 0 atom stereocenters. The van der Waals surface area contributed by atoms with Gasteiger partial charge in [0.25, 0.3) is 0 Å². The van der Waals surface area contributed by atoms with Gasteiger partial charge in [0.1, 0.15) is 11.4 Å². The van der Waals surface area contributed by atoms with Crippen LogP contribution in [-0.4, -0.2) is 59.8 Å². The first-order valence-electron chi connectivity index (χ1n) is 14.6. The standard InChI is InChI=1S/C32H41N7O/c1-37(2)25-15-17-38(18-16-25)27-13-14-29(30(20-27)40-3)35-32-34-21-23-19-28(22-33-24-9-5-4-6-10-24)39(31(23)36-32)26-11-7-8-12-26/h4-6,9-10,13-14,19-21,25-26,33H,7-8,11-12,15-18,22H2,1-3H3,(H,34,35,36). The van der Waals surface area contributed by atoms with Crippen molar-refractivity contribution >= 4 is 34.0 Å². The van der Waals surface area contributed by atoms with Crippen LogP contribution < -0.4 is 20.3 Å². The second kappa shape index (κ2) is 11.8. The van der Waals surface area contributed by atoms with Gasteiger partial charge in [-0.05, 0) is 70.1 Å². The lowest BCUT2D eigenvalue weighted by Crippen LogP contribution is -2.41. The van der Waals surface area contributed by atoms with Crippen LogP contribution in [0.5, 0.6) is 5.75 Å². The van der Waals surface area contributed by atoms with Crippen molar-refractivity contribution < 1.29 is 4.74 Å². The molecule has 0 unspecified atom stereocenters. The maximum Gasteiger partial charge on any atom is 0.229 e. The van der Waals surface area contributed by atoms with Gasteiger partial charge in [0, 0.05) is 59.9 Å². The molecule has 2 aliphatic rings. The molecule has 6 rings (SSSR count). The highest BCUT2D eigenvalue weighted by molar-refractivity contribution is 5.79. The van der Waals surface area contributed by atoms with E-state index in [1.807, 2.05) is 12.3 Å². The lowest BCUT2D eigenvalue weighted by Gasteiger charge is -2.36. The first kappa shape index (κ1) is 26.4. The van der Waals surface area contributed by atoms with Gasteiger partial charge < -0.3 is 29.7 Å². The average molecular weight is 540 g/mol. The third-order valence-electron chi connectivity index (χ3n) is 8.58. The van der Waals surface area contributed by atoms with Crippen LogP contribution in [0.1, 0.15) is 50.3 Å². The second-order valence-corrected chi connectivity index (χ2v) is 11.3. The molecular weight excluding hydrogens is 498 g/mol. The summed E-state index contributed by atoms with van der Waals surface area (Å²) >= 11 is 0. The predicted octanol–water partition coefficient (Wildman–Crippen LogP) is 6.44. The molecule has 0 amide bonds. The fourth-order valence-electron chi connectivity index (χ4n) is 6.32. The number of ether oxygens (including phenoxy) is 1. The molecule has 1 saturated carbocycles. The Kier molecular flexibility index (Phi) is 7.77. The third-order valence-corrected chi connectivity index (χ3v) is 8.58. The number of anilines is 4. The zero-order chi connectivity index (χ0) is 27.5. The summed E-state index contributed by atoms with van der Waals surface area (Å²) in [6.45, 7) is 2.86. The Hall–Kier alpha value is -3.78. The predicted molar refractivity (Wildman–Crippen MR) is 164 cm³/mol. The third kappa shape index (κ3) is 5.59. The number of piperidine rings is 1. The van der Waals surface area contributed by atoms with Crippen molar-refractivity contribution in [3.63, 3.8) is 0 Å². The monoisotopic (exact) mass is 539 g/mol. The highest BCUT2D eigenvalue weighted by Gasteiger charge is 2.24. The smallest absolute Gasteiger partial charge is 0.229 e. The normalized spacial score (nSPS) is 16.6. The number of rotatable bonds is 9. The number of aromatic nitrogens is 3. The highest BCUT2D eigenvalue weighted by Crippen LogP contribution is 2.36. The molecule has 4 aromatic rings. The summed E-state index contributed by atoms with van der Waals surface area (Å²) in [7, 11) is 6.08. The van der Waals surface area contributed by atoms with Gasteiger partial charge >= 0.3 is 0 Å². The number of methoxy groups -OCH3 is 1. The van der Waals surface area contributed by atoms with Crippen LogP contribution in [0.2, 0.25) is 0 Å². The summed E-state index contributed by atoms with van der Waals surface area (Å²) in [5.74, 6) is 1.39. The zero-order valence-electron chi connectivity index (χ0n) is 23.9. The Morgan fingerprint density at radius 1 is 0.975 bits per heavy atom. The highest BCUT2D eigenvalue weighted by atomic mass is 16.5. The van der Waals surface area contributed by atoms with Crippen LogP contribution in [0.15, 0.2) is 60.8 Å². The maximum atomic E-state index is 5.81. The van der Waals surface area contributed by atoms with Crippen molar-refractivity contribution in [1.82, 2.24) is 19.4 Å². The Balaban J connectivity index is 1.24. The van der Waals surface area contributed by atoms with Gasteiger partial charge in [-0.1, -0.05) is 31.0 Å². The van der Waals surface area contributed by atoms with Crippen LogP contribution in [0.4, 0.5) is 23.0 Å². The number of hydrogen-bond acceptors (Lipinski definition) is 7. The second-order valence-electron chi connectivity index (χ2n) is 11.3. The molecule has 1 aliphatic carbocycles. The lowest BCUT2D eigenvalue weighted by atomic mass is 10.0. The summed E-state index contributed by atoms with van der Waals surface area (Å²) in [5, 5.41) is 8.11. The zero-order valence-corrected chi connectivity index (χ0v) is 23.9. The van der Waals surface area contributed by atoms with Crippen LogP contribution >= 0.6 is 0 Å². The van der Waals surface area contributed by atoms with Gasteiger partial charge in [0.2, 0.25) is 5.95 Å². The molecule has 0 bridgehead atoms. The van der Waals surface area contributed by atoms with E-state index >= 15 is 0 Å². The fraction of sp³-hybridized carbons (Fsp3) is 0.438. The van der Waals surface area contributed by atoms with E-state index in [4.69, 9.17) is 9.72 Å². The van der Waals surface area contributed by atoms with E-state index in [1.165, 1.54) is 49.9 Å². The van der Waals surface area contributed by atoms with Gasteiger partial charge in [-0.25, -0.2) is 4.98 Å². The molecular formula is C32H41N7O. The lowest BCUT2D eigenvalue weighted by molar-refractivity contribution is 0.249. The Morgan fingerprint density at radius 2 is 1.75 bits per heavy atom. The van der Waals surface area contributed by atoms with Crippen molar-refractivity contribution in [1.29, 1.82) is 0 Å². The molecule has 2 aromatic heterocycles. The van der Waals surface area contributed by atoms with Gasteiger partial charge in [-0.2, -0.15) is 4.98 Å². The van der Waals surface area contributed by atoms with E-state index in [1.54, 1.807) is 7.11 Å². The summed E-state index contributed by atoms with van der Waals surface area (Å²) in [6, 6.07) is 20.1. The van der Waals surface area contributed by atoms with Crippen LogP contribution in [0, 0.1) is 0 Å². The minimum atomic E-state index is 0.471. The van der Waals surface area contributed by atoms with E-state index in [-0.39, 0.29) is 0 Å². The molecule has 2 fully saturated rings. The molecule has 1 saturated heterocycles. The molecule has 1 aliphatic heterocycles.